The first kappa shape index (κ1) is 28.8. The maximum Gasteiger partial charge on any atom is 0.0640 e. The van der Waals surface area contributed by atoms with E-state index in [1.807, 2.05) is 11.3 Å². The van der Waals surface area contributed by atoms with Crippen molar-refractivity contribution in [2.75, 3.05) is 4.90 Å². The molecule has 10 rings (SSSR count). The van der Waals surface area contributed by atoms with Crippen molar-refractivity contribution in [1.29, 1.82) is 0 Å². The lowest BCUT2D eigenvalue weighted by molar-refractivity contribution is 1.30. The van der Waals surface area contributed by atoms with Gasteiger partial charge in [0.05, 0.1) is 10.4 Å². The molecular weight excluding hydrogens is 623 g/mol. The fourth-order valence-corrected chi connectivity index (χ4v) is 8.79. The minimum atomic E-state index is 1.13. The lowest BCUT2D eigenvalue weighted by atomic mass is 9.95. The third kappa shape index (κ3) is 4.76. The molecule has 0 aliphatic heterocycles. The Morgan fingerprint density at radius 3 is 1.62 bits per heavy atom. The molecule has 0 spiro atoms. The van der Waals surface area contributed by atoms with Gasteiger partial charge in [0.25, 0.3) is 0 Å². The van der Waals surface area contributed by atoms with Gasteiger partial charge in [-0.25, -0.2) is 0 Å². The van der Waals surface area contributed by atoms with E-state index in [0.717, 1.165) is 11.4 Å². The van der Waals surface area contributed by atoms with Gasteiger partial charge in [-0.1, -0.05) is 146 Å². The Morgan fingerprint density at radius 1 is 0.320 bits per heavy atom. The van der Waals surface area contributed by atoms with Crippen molar-refractivity contribution in [3.8, 4) is 22.3 Å². The average Bonchev–Trinajstić information content (AvgIpc) is 3.58. The van der Waals surface area contributed by atoms with Crippen LogP contribution in [0.4, 0.5) is 17.1 Å². The summed E-state index contributed by atoms with van der Waals surface area (Å²) in [5, 5.41) is 10.3. The van der Waals surface area contributed by atoms with E-state index in [1.54, 1.807) is 0 Å². The van der Waals surface area contributed by atoms with Crippen LogP contribution in [0.1, 0.15) is 0 Å². The SMILES string of the molecule is c1ccc(-c2ccc(N(c3ccc(-c4ccc5c(ccc6c7ccccc7ccc56)c4)cc3)c3cccc4c3sc3ccccc34)cc2)cc1. The van der Waals surface area contributed by atoms with Gasteiger partial charge in [0.2, 0.25) is 0 Å². The fraction of sp³-hybridized carbons (Fsp3) is 0. The third-order valence-corrected chi connectivity index (χ3v) is 11.3. The predicted molar refractivity (Wildman–Crippen MR) is 217 cm³/mol. The lowest BCUT2D eigenvalue weighted by Crippen LogP contribution is -2.10. The Labute approximate surface area is 294 Å². The average molecular weight is 654 g/mol. The Morgan fingerprint density at radius 2 is 0.860 bits per heavy atom. The van der Waals surface area contributed by atoms with E-state index >= 15 is 0 Å². The molecule has 0 saturated carbocycles. The molecule has 0 bridgehead atoms. The quantitative estimate of drug-likeness (QED) is 0.167. The molecule has 2 heteroatoms. The highest BCUT2D eigenvalue weighted by atomic mass is 32.1. The van der Waals surface area contributed by atoms with Gasteiger partial charge >= 0.3 is 0 Å². The van der Waals surface area contributed by atoms with E-state index < -0.39 is 0 Å². The topological polar surface area (TPSA) is 3.24 Å². The van der Waals surface area contributed by atoms with Gasteiger partial charge in [-0.2, -0.15) is 0 Å². The number of rotatable bonds is 5. The summed E-state index contributed by atoms with van der Waals surface area (Å²) in [6.07, 6.45) is 0. The molecule has 0 aliphatic rings. The first-order valence-corrected chi connectivity index (χ1v) is 17.9. The number of anilines is 3. The molecule has 1 nitrogen and oxygen atoms in total. The van der Waals surface area contributed by atoms with Crippen molar-refractivity contribution in [1.82, 2.24) is 0 Å². The number of hydrogen-bond acceptors (Lipinski definition) is 2. The molecule has 9 aromatic carbocycles. The molecule has 10 aromatic rings. The highest BCUT2D eigenvalue weighted by Crippen LogP contribution is 2.45. The molecule has 1 heterocycles. The van der Waals surface area contributed by atoms with Gasteiger partial charge < -0.3 is 4.90 Å². The van der Waals surface area contributed by atoms with E-state index in [-0.39, 0.29) is 0 Å². The van der Waals surface area contributed by atoms with Crippen molar-refractivity contribution >= 4 is 80.9 Å². The molecule has 1 aromatic heterocycles. The van der Waals surface area contributed by atoms with E-state index in [0.29, 0.717) is 0 Å². The summed E-state index contributed by atoms with van der Waals surface area (Å²) in [6, 6.07) is 68.7. The second-order valence-corrected chi connectivity index (χ2v) is 14.0. The summed E-state index contributed by atoms with van der Waals surface area (Å²) in [5.41, 5.74) is 8.30. The highest BCUT2D eigenvalue weighted by Gasteiger charge is 2.18. The van der Waals surface area contributed by atoms with Gasteiger partial charge in [0.1, 0.15) is 0 Å². The van der Waals surface area contributed by atoms with Crippen molar-refractivity contribution < 1.29 is 0 Å². The smallest absolute Gasteiger partial charge is 0.0640 e. The van der Waals surface area contributed by atoms with Crippen LogP contribution in [-0.4, -0.2) is 0 Å². The van der Waals surface area contributed by atoms with Gasteiger partial charge in [-0.05, 0) is 97.0 Å². The van der Waals surface area contributed by atoms with Crippen LogP contribution in [0.15, 0.2) is 188 Å². The zero-order chi connectivity index (χ0) is 33.0. The number of thiophene rings is 1. The molecule has 0 radical (unpaired) electrons. The van der Waals surface area contributed by atoms with Crippen LogP contribution in [0.3, 0.4) is 0 Å². The standard InChI is InChI=1S/C48H31NS/c1-2-9-32(10-3-1)33-17-24-38(25-18-33)49(46-15-8-14-45-44-13-6-7-16-47(44)50-48(45)46)39-26-19-34(20-27-39)36-22-28-41-37(31-36)23-30-42-40-12-5-4-11-35(40)21-29-43(41)42/h1-31H. The van der Waals surface area contributed by atoms with E-state index in [4.69, 9.17) is 0 Å². The molecule has 50 heavy (non-hydrogen) atoms. The van der Waals surface area contributed by atoms with Crippen molar-refractivity contribution in [3.05, 3.63) is 188 Å². The summed E-state index contributed by atoms with van der Waals surface area (Å²) in [4.78, 5) is 2.41. The number of fused-ring (bicyclic) bond motifs is 8. The van der Waals surface area contributed by atoms with E-state index in [1.165, 1.54) is 80.4 Å². The Hall–Kier alpha value is -6.22. The monoisotopic (exact) mass is 653 g/mol. The first-order valence-electron chi connectivity index (χ1n) is 17.1. The molecule has 234 valence electrons. The molecule has 0 aliphatic carbocycles. The second kappa shape index (κ2) is 11.7. The van der Waals surface area contributed by atoms with Crippen LogP contribution >= 0.6 is 11.3 Å². The van der Waals surface area contributed by atoms with Crippen LogP contribution in [-0.2, 0) is 0 Å². The number of nitrogens with zero attached hydrogens (tertiary/aromatic N) is 1. The van der Waals surface area contributed by atoms with E-state index in [9.17, 15) is 0 Å². The van der Waals surface area contributed by atoms with Crippen LogP contribution in [0, 0.1) is 0 Å². The van der Waals surface area contributed by atoms with Gasteiger partial charge in [0.15, 0.2) is 0 Å². The maximum absolute atomic E-state index is 2.41. The maximum atomic E-state index is 2.41. The van der Waals surface area contributed by atoms with E-state index in [2.05, 4.69) is 193 Å². The summed E-state index contributed by atoms with van der Waals surface area (Å²) in [6.45, 7) is 0. The Kier molecular flexibility index (Phi) is 6.75. The normalized spacial score (nSPS) is 11.6. The predicted octanol–water partition coefficient (Wildman–Crippen LogP) is 14.3. The Bertz CT molecular complexity index is 2850. The first-order chi connectivity index (χ1) is 24.8. The Balaban J connectivity index is 1.07. The summed E-state index contributed by atoms with van der Waals surface area (Å²) in [7, 11) is 0. The second-order valence-electron chi connectivity index (χ2n) is 12.9. The van der Waals surface area contributed by atoms with Gasteiger partial charge in [-0.15, -0.1) is 11.3 Å². The molecule has 0 fully saturated rings. The van der Waals surface area contributed by atoms with Crippen molar-refractivity contribution in [2.24, 2.45) is 0 Å². The number of benzene rings is 9. The van der Waals surface area contributed by atoms with Crippen molar-refractivity contribution in [2.45, 2.75) is 0 Å². The number of hydrogen-bond donors (Lipinski definition) is 0. The van der Waals surface area contributed by atoms with Crippen LogP contribution in [0.25, 0.3) is 74.7 Å². The molecule has 0 saturated heterocycles. The third-order valence-electron chi connectivity index (χ3n) is 10.1. The zero-order valence-electron chi connectivity index (χ0n) is 27.3. The largest absolute Gasteiger partial charge is 0.309 e. The molecule has 0 amide bonds. The molecular formula is C48H31NS. The summed E-state index contributed by atoms with van der Waals surface area (Å²) >= 11 is 1.87. The molecule has 0 atom stereocenters. The zero-order valence-corrected chi connectivity index (χ0v) is 28.1. The lowest BCUT2D eigenvalue weighted by Gasteiger charge is -2.26. The van der Waals surface area contributed by atoms with Crippen LogP contribution in [0.2, 0.25) is 0 Å². The summed E-state index contributed by atoms with van der Waals surface area (Å²) < 4.78 is 2.60. The fourth-order valence-electron chi connectivity index (χ4n) is 7.58. The van der Waals surface area contributed by atoms with Gasteiger partial charge in [0, 0.05) is 26.8 Å². The van der Waals surface area contributed by atoms with Crippen LogP contribution < -0.4 is 4.90 Å². The minimum absolute atomic E-state index is 1.13. The minimum Gasteiger partial charge on any atom is -0.309 e. The van der Waals surface area contributed by atoms with Crippen molar-refractivity contribution in [3.63, 3.8) is 0 Å². The molecule has 0 unspecified atom stereocenters. The molecule has 0 N–H and O–H groups in total. The van der Waals surface area contributed by atoms with Crippen LogP contribution in [0.5, 0.6) is 0 Å². The van der Waals surface area contributed by atoms with Gasteiger partial charge in [-0.3, -0.25) is 0 Å². The highest BCUT2D eigenvalue weighted by molar-refractivity contribution is 7.26. The summed E-state index contributed by atoms with van der Waals surface area (Å²) in [5.74, 6) is 0.